The van der Waals surface area contributed by atoms with Crippen LogP contribution in [0, 0.1) is 18.3 Å². The molecule has 0 bridgehead atoms. The van der Waals surface area contributed by atoms with E-state index in [-0.39, 0.29) is 12.5 Å². The number of rotatable bonds is 8. The molecule has 4 rings (SSSR count). The third-order valence-electron chi connectivity index (χ3n) is 6.73. The number of nitriles is 1. The van der Waals surface area contributed by atoms with Gasteiger partial charge in [0.25, 0.3) is 0 Å². The Morgan fingerprint density at radius 3 is 2.03 bits per heavy atom. The van der Waals surface area contributed by atoms with Crippen LogP contribution >= 0.6 is 0 Å². The first-order valence-corrected chi connectivity index (χ1v) is 14.0. The first-order chi connectivity index (χ1) is 17.8. The van der Waals surface area contributed by atoms with Crippen molar-refractivity contribution in [1.82, 2.24) is 19.1 Å². The quantitative estimate of drug-likeness (QED) is 0.455. The predicted octanol–water partition coefficient (Wildman–Crippen LogP) is 3.15. The van der Waals surface area contributed by atoms with Crippen LogP contribution in [0.5, 0.6) is 0 Å². The van der Waals surface area contributed by atoms with E-state index in [9.17, 15) is 18.5 Å². The summed E-state index contributed by atoms with van der Waals surface area (Å²) >= 11 is 0. The Labute approximate surface area is 218 Å². The minimum absolute atomic E-state index is 0.256. The number of piperazine rings is 1. The van der Waals surface area contributed by atoms with Crippen LogP contribution in [0.25, 0.3) is 0 Å². The monoisotopic (exact) mass is 517 g/mol. The fourth-order valence-corrected chi connectivity index (χ4v) is 5.76. The zero-order valence-electron chi connectivity index (χ0n) is 21.1. The van der Waals surface area contributed by atoms with E-state index in [1.807, 2.05) is 84.6 Å². The van der Waals surface area contributed by atoms with Crippen LogP contribution in [-0.2, 0) is 14.8 Å². The van der Waals surface area contributed by atoms with Gasteiger partial charge in [-0.25, -0.2) is 8.42 Å². The molecule has 8 nitrogen and oxygen atoms in total. The number of hydrogen-bond acceptors (Lipinski definition) is 6. The van der Waals surface area contributed by atoms with Crippen molar-refractivity contribution in [3.63, 3.8) is 0 Å². The van der Waals surface area contributed by atoms with Crippen LogP contribution in [0.1, 0.15) is 34.5 Å². The summed E-state index contributed by atoms with van der Waals surface area (Å²) in [4.78, 5) is 21.4. The highest BCUT2D eigenvalue weighted by Crippen LogP contribution is 2.31. The van der Waals surface area contributed by atoms with Crippen LogP contribution in [0.4, 0.5) is 0 Å². The molecule has 2 aromatic carbocycles. The van der Waals surface area contributed by atoms with Crippen LogP contribution in [0.15, 0.2) is 79.0 Å². The summed E-state index contributed by atoms with van der Waals surface area (Å²) in [6, 6.07) is 23.7. The molecule has 2 heterocycles. The van der Waals surface area contributed by atoms with Crippen LogP contribution in [0.3, 0.4) is 0 Å². The molecule has 0 N–H and O–H groups in total. The fourth-order valence-electron chi connectivity index (χ4n) is 4.79. The number of carbonyl (C=O) groups is 1. The number of benzene rings is 2. The minimum atomic E-state index is -3.74. The second-order valence-corrected chi connectivity index (χ2v) is 11.1. The van der Waals surface area contributed by atoms with Gasteiger partial charge in [-0.3, -0.25) is 14.7 Å². The molecule has 1 fully saturated rings. The molecule has 192 valence electrons. The van der Waals surface area contributed by atoms with Gasteiger partial charge in [-0.05, 0) is 24.1 Å². The third kappa shape index (κ3) is 6.23. The summed E-state index contributed by atoms with van der Waals surface area (Å²) < 4.78 is 27.3. The zero-order chi connectivity index (χ0) is 26.4. The third-order valence-corrected chi connectivity index (χ3v) is 7.92. The van der Waals surface area contributed by atoms with Crippen molar-refractivity contribution in [3.05, 3.63) is 101 Å². The van der Waals surface area contributed by atoms with Gasteiger partial charge in [0.1, 0.15) is 6.04 Å². The SMILES string of the molecule is Cc1ncccc1C(C#N)N1CCN(C(=O)CN(C(c2ccccc2)c2ccccc2)S(C)(=O)=O)CC1. The summed E-state index contributed by atoms with van der Waals surface area (Å²) in [6.45, 7) is 3.46. The molecular weight excluding hydrogens is 486 g/mol. The first-order valence-electron chi connectivity index (χ1n) is 12.2. The molecule has 0 radical (unpaired) electrons. The van der Waals surface area contributed by atoms with E-state index in [2.05, 4.69) is 11.1 Å². The number of nitrogens with zero attached hydrogens (tertiary/aromatic N) is 5. The number of pyridine rings is 1. The van der Waals surface area contributed by atoms with Crippen molar-refractivity contribution in [2.75, 3.05) is 39.0 Å². The summed E-state index contributed by atoms with van der Waals surface area (Å²) in [6.07, 6.45) is 2.85. The Morgan fingerprint density at radius 1 is 0.973 bits per heavy atom. The first kappa shape index (κ1) is 26.5. The molecule has 0 saturated carbocycles. The van der Waals surface area contributed by atoms with Gasteiger partial charge in [0.2, 0.25) is 15.9 Å². The lowest BCUT2D eigenvalue weighted by atomic mass is 9.98. The fraction of sp³-hybridized carbons (Fsp3) is 0.321. The molecule has 0 spiro atoms. The zero-order valence-corrected chi connectivity index (χ0v) is 21.9. The average Bonchev–Trinajstić information content (AvgIpc) is 2.91. The van der Waals surface area contributed by atoms with Gasteiger partial charge >= 0.3 is 0 Å². The number of sulfonamides is 1. The molecule has 1 amide bonds. The molecule has 1 atom stereocenters. The average molecular weight is 518 g/mol. The summed E-state index contributed by atoms with van der Waals surface area (Å²) in [5, 5.41) is 9.84. The van der Waals surface area contributed by atoms with Gasteiger partial charge in [-0.15, -0.1) is 0 Å². The van der Waals surface area contributed by atoms with Gasteiger partial charge in [0, 0.05) is 43.6 Å². The number of aryl methyl sites for hydroxylation is 1. The lowest BCUT2D eigenvalue weighted by Crippen LogP contribution is -2.52. The second-order valence-electron chi connectivity index (χ2n) is 9.16. The molecule has 1 unspecified atom stereocenters. The topological polar surface area (TPSA) is 97.6 Å². The number of carbonyl (C=O) groups excluding carboxylic acids is 1. The van der Waals surface area contributed by atoms with E-state index < -0.39 is 22.1 Å². The lowest BCUT2D eigenvalue weighted by Gasteiger charge is -2.38. The van der Waals surface area contributed by atoms with Gasteiger partial charge in [0.05, 0.1) is 24.9 Å². The Hall–Kier alpha value is -3.58. The van der Waals surface area contributed by atoms with Gasteiger partial charge < -0.3 is 4.90 Å². The van der Waals surface area contributed by atoms with Crippen molar-refractivity contribution in [1.29, 1.82) is 5.26 Å². The molecule has 9 heteroatoms. The summed E-state index contributed by atoms with van der Waals surface area (Å²) in [5.41, 5.74) is 3.26. The van der Waals surface area contributed by atoms with Crippen molar-refractivity contribution in [2.24, 2.45) is 0 Å². The normalized spacial score (nSPS) is 15.5. The number of aromatic nitrogens is 1. The van der Waals surface area contributed by atoms with Gasteiger partial charge in [-0.1, -0.05) is 66.7 Å². The predicted molar refractivity (Wildman–Crippen MR) is 142 cm³/mol. The van der Waals surface area contributed by atoms with Gasteiger partial charge in [-0.2, -0.15) is 9.57 Å². The highest BCUT2D eigenvalue weighted by Gasteiger charge is 2.34. The van der Waals surface area contributed by atoms with E-state index in [4.69, 9.17) is 0 Å². The molecule has 0 aliphatic carbocycles. The van der Waals surface area contributed by atoms with E-state index >= 15 is 0 Å². The Kier molecular flexibility index (Phi) is 8.34. The molecule has 1 aromatic heterocycles. The molecule has 1 aliphatic rings. The van der Waals surface area contributed by atoms with E-state index in [0.29, 0.717) is 26.2 Å². The van der Waals surface area contributed by atoms with E-state index in [1.165, 1.54) is 4.31 Å². The van der Waals surface area contributed by atoms with Crippen molar-refractivity contribution in [3.8, 4) is 6.07 Å². The van der Waals surface area contributed by atoms with Crippen molar-refractivity contribution < 1.29 is 13.2 Å². The van der Waals surface area contributed by atoms with Crippen LogP contribution in [0.2, 0.25) is 0 Å². The van der Waals surface area contributed by atoms with Crippen molar-refractivity contribution in [2.45, 2.75) is 19.0 Å². The molecule has 37 heavy (non-hydrogen) atoms. The highest BCUT2D eigenvalue weighted by atomic mass is 32.2. The maximum absolute atomic E-state index is 13.4. The van der Waals surface area contributed by atoms with E-state index in [1.54, 1.807) is 11.1 Å². The maximum atomic E-state index is 13.4. The Bertz CT molecular complexity index is 1310. The highest BCUT2D eigenvalue weighted by molar-refractivity contribution is 7.88. The molecule has 1 saturated heterocycles. The lowest BCUT2D eigenvalue weighted by molar-refractivity contribution is -0.133. The smallest absolute Gasteiger partial charge is 0.238 e. The van der Waals surface area contributed by atoms with Crippen LogP contribution in [-0.4, -0.2) is 72.4 Å². The standard InChI is InChI=1S/C28H31N5O3S/c1-22-25(14-9-15-30-22)26(20-29)31-16-18-32(19-17-31)27(34)21-33(37(2,35)36)28(23-10-5-3-6-11-23)24-12-7-4-8-13-24/h3-15,26,28H,16-19,21H2,1-2H3. The van der Waals surface area contributed by atoms with Gasteiger partial charge in [0.15, 0.2) is 0 Å². The maximum Gasteiger partial charge on any atom is 0.238 e. The van der Waals surface area contributed by atoms with E-state index in [0.717, 1.165) is 28.6 Å². The Morgan fingerprint density at radius 2 is 1.54 bits per heavy atom. The molecule has 3 aromatic rings. The number of amides is 1. The summed E-state index contributed by atoms with van der Waals surface area (Å²) in [7, 11) is -3.74. The number of hydrogen-bond donors (Lipinski definition) is 0. The Balaban J connectivity index is 1.52. The second kappa shape index (κ2) is 11.6. The largest absolute Gasteiger partial charge is 0.339 e. The minimum Gasteiger partial charge on any atom is -0.339 e. The molecular formula is C28H31N5O3S. The summed E-state index contributed by atoms with van der Waals surface area (Å²) in [5.74, 6) is -0.256. The van der Waals surface area contributed by atoms with Crippen molar-refractivity contribution >= 4 is 15.9 Å². The molecule has 1 aliphatic heterocycles. The van der Waals surface area contributed by atoms with Crippen LogP contribution < -0.4 is 0 Å².